The molecule has 1 atom stereocenters. The van der Waals surface area contributed by atoms with E-state index >= 15 is 0 Å². The van der Waals surface area contributed by atoms with Gasteiger partial charge in [0.05, 0.1) is 12.7 Å². The minimum Gasteiger partial charge on any atom is -0.463 e. The van der Waals surface area contributed by atoms with E-state index in [0.29, 0.717) is 13.2 Å². The zero-order valence-corrected chi connectivity index (χ0v) is 9.48. The second-order valence-electron chi connectivity index (χ2n) is 2.43. The van der Waals surface area contributed by atoms with Crippen molar-refractivity contribution in [3.8, 4) is 0 Å². The zero-order chi connectivity index (χ0) is 8.69. The van der Waals surface area contributed by atoms with E-state index < -0.39 is 0 Å². The van der Waals surface area contributed by atoms with Crippen LogP contribution in [0.2, 0.25) is 0 Å². The molecule has 0 saturated heterocycles. The van der Waals surface area contributed by atoms with Gasteiger partial charge in [-0.2, -0.15) is 0 Å². The van der Waals surface area contributed by atoms with Gasteiger partial charge in [-0.25, -0.2) is 0 Å². The van der Waals surface area contributed by atoms with Crippen LogP contribution in [0.3, 0.4) is 0 Å². The van der Waals surface area contributed by atoms with Crippen molar-refractivity contribution in [1.29, 1.82) is 0 Å². The van der Waals surface area contributed by atoms with E-state index in [-0.39, 0.29) is 33.8 Å². The third kappa shape index (κ3) is 10.1. The van der Waals surface area contributed by atoms with E-state index in [9.17, 15) is 4.79 Å². The van der Waals surface area contributed by atoms with Crippen LogP contribution < -0.4 is 0 Å². The average Bonchev–Trinajstić information content (AvgIpc) is 1.97. The predicted octanol–water partition coefficient (Wildman–Crippen LogP) is 1.36. The Morgan fingerprint density at radius 1 is 1.42 bits per heavy atom. The normalized spacial score (nSPS) is 11.6. The van der Waals surface area contributed by atoms with Gasteiger partial charge in [0.25, 0.3) is 0 Å². The van der Waals surface area contributed by atoms with E-state index in [0.717, 1.165) is 6.42 Å². The summed E-state index contributed by atoms with van der Waals surface area (Å²) in [4.78, 5) is 10.3. The number of carbonyl (C=O) groups is 1. The molecular formula is C8H16O3Ti. The van der Waals surface area contributed by atoms with E-state index in [2.05, 4.69) is 11.7 Å². The smallest absolute Gasteiger partial charge is 0.302 e. The Kier molecular flexibility index (Phi) is 11.3. The van der Waals surface area contributed by atoms with Gasteiger partial charge in [-0.1, -0.05) is 6.92 Å². The Balaban J connectivity index is 0. The fourth-order valence-corrected chi connectivity index (χ4v) is 0.553. The third-order valence-corrected chi connectivity index (χ3v) is 1.37. The van der Waals surface area contributed by atoms with E-state index in [4.69, 9.17) is 4.74 Å². The van der Waals surface area contributed by atoms with Crippen molar-refractivity contribution in [2.75, 3.05) is 13.2 Å². The van der Waals surface area contributed by atoms with Crippen molar-refractivity contribution in [3.63, 3.8) is 0 Å². The molecule has 0 aliphatic carbocycles. The van der Waals surface area contributed by atoms with Gasteiger partial charge in [0.15, 0.2) is 0 Å². The monoisotopic (exact) mass is 208 g/mol. The number of ether oxygens (including phenoxy) is 2. The molecule has 4 heteroatoms. The average molecular weight is 208 g/mol. The van der Waals surface area contributed by atoms with Crippen LogP contribution in [0, 0.1) is 0 Å². The van der Waals surface area contributed by atoms with Crippen molar-refractivity contribution in [1.82, 2.24) is 0 Å². The molecule has 0 saturated carbocycles. The maximum absolute atomic E-state index is 10.3. The maximum atomic E-state index is 10.3. The predicted molar refractivity (Wildman–Crippen MR) is 42.3 cm³/mol. The first-order valence-electron chi connectivity index (χ1n) is 3.91. The standard InChI is InChI=1S/C8H16O3.Ti/c1-4-7(2)10-5-6-11-8(3)9;/h7H,4-6H2,1-3H3;. The number of carbonyl (C=O) groups excluding carboxylic acids is 1. The Morgan fingerprint density at radius 2 is 2.00 bits per heavy atom. The topological polar surface area (TPSA) is 35.5 Å². The van der Waals surface area contributed by atoms with Crippen LogP contribution >= 0.6 is 0 Å². The second kappa shape index (κ2) is 9.23. The number of rotatable bonds is 5. The van der Waals surface area contributed by atoms with Gasteiger partial charge in [-0.15, -0.1) is 0 Å². The molecule has 12 heavy (non-hydrogen) atoms. The summed E-state index contributed by atoms with van der Waals surface area (Å²) in [5.41, 5.74) is 0. The third-order valence-electron chi connectivity index (χ3n) is 1.37. The Morgan fingerprint density at radius 3 is 2.42 bits per heavy atom. The van der Waals surface area contributed by atoms with Crippen LogP contribution in [0.1, 0.15) is 27.2 Å². The van der Waals surface area contributed by atoms with Crippen LogP contribution in [0.4, 0.5) is 0 Å². The first-order valence-corrected chi connectivity index (χ1v) is 3.91. The van der Waals surface area contributed by atoms with Gasteiger partial charge < -0.3 is 9.47 Å². The molecule has 0 radical (unpaired) electrons. The van der Waals surface area contributed by atoms with Crippen LogP contribution in [-0.2, 0) is 36.0 Å². The van der Waals surface area contributed by atoms with Crippen molar-refractivity contribution in [3.05, 3.63) is 0 Å². The summed E-state index contributed by atoms with van der Waals surface area (Å²) in [5.74, 6) is -0.252. The van der Waals surface area contributed by atoms with E-state index in [1.165, 1.54) is 6.92 Å². The van der Waals surface area contributed by atoms with Gasteiger partial charge in [-0.3, -0.25) is 4.79 Å². The summed E-state index contributed by atoms with van der Waals surface area (Å²) >= 11 is 0. The van der Waals surface area contributed by atoms with Gasteiger partial charge >= 0.3 is 5.97 Å². The molecule has 70 valence electrons. The summed E-state index contributed by atoms with van der Waals surface area (Å²) in [6, 6.07) is 0. The second-order valence-corrected chi connectivity index (χ2v) is 2.43. The Labute approximate surface area is 88.7 Å². The van der Waals surface area contributed by atoms with Gasteiger partial charge in [-0.05, 0) is 13.3 Å². The SMILES string of the molecule is CCC(C)OCCOC(C)=O.[Ti]. The zero-order valence-electron chi connectivity index (χ0n) is 7.92. The number of esters is 1. The summed E-state index contributed by atoms with van der Waals surface area (Å²) in [5, 5.41) is 0. The van der Waals surface area contributed by atoms with Crippen molar-refractivity contribution in [2.24, 2.45) is 0 Å². The summed E-state index contributed by atoms with van der Waals surface area (Å²) in [7, 11) is 0. The summed E-state index contributed by atoms with van der Waals surface area (Å²) in [6.45, 7) is 6.29. The molecule has 0 spiro atoms. The number of hydrogen-bond acceptors (Lipinski definition) is 3. The van der Waals surface area contributed by atoms with Crippen molar-refractivity contribution < 1.29 is 36.0 Å². The summed E-state index contributed by atoms with van der Waals surface area (Å²) < 4.78 is 9.94. The van der Waals surface area contributed by atoms with Gasteiger partial charge in [0.2, 0.25) is 0 Å². The minimum atomic E-state index is -0.252. The van der Waals surface area contributed by atoms with Crippen LogP contribution in [-0.4, -0.2) is 25.3 Å². The molecule has 0 aromatic carbocycles. The molecular weight excluding hydrogens is 192 g/mol. The van der Waals surface area contributed by atoms with Crippen molar-refractivity contribution >= 4 is 5.97 Å². The van der Waals surface area contributed by atoms with Gasteiger partial charge in [0.1, 0.15) is 6.61 Å². The first-order chi connectivity index (χ1) is 5.16. The fourth-order valence-electron chi connectivity index (χ4n) is 0.553. The molecule has 0 aliphatic heterocycles. The molecule has 0 fully saturated rings. The molecule has 1 unspecified atom stereocenters. The minimum absolute atomic E-state index is 0. The van der Waals surface area contributed by atoms with Crippen LogP contribution in [0.5, 0.6) is 0 Å². The molecule has 0 aliphatic rings. The van der Waals surface area contributed by atoms with E-state index in [1.54, 1.807) is 0 Å². The molecule has 0 rings (SSSR count). The molecule has 0 bridgehead atoms. The largest absolute Gasteiger partial charge is 0.463 e. The molecule has 0 aromatic rings. The molecule has 0 heterocycles. The molecule has 0 amide bonds. The Bertz CT molecular complexity index is 117. The fraction of sp³-hybridized carbons (Fsp3) is 0.875. The maximum Gasteiger partial charge on any atom is 0.302 e. The Hall–Kier alpha value is 0.144. The summed E-state index contributed by atoms with van der Waals surface area (Å²) in [6.07, 6.45) is 1.24. The van der Waals surface area contributed by atoms with E-state index in [1.807, 2.05) is 6.92 Å². The first kappa shape index (κ1) is 14.7. The number of hydrogen-bond donors (Lipinski definition) is 0. The van der Waals surface area contributed by atoms with Crippen molar-refractivity contribution in [2.45, 2.75) is 33.3 Å². The molecule has 3 nitrogen and oxygen atoms in total. The van der Waals surface area contributed by atoms with Crippen LogP contribution in [0.25, 0.3) is 0 Å². The molecule has 0 aromatic heterocycles. The quantitative estimate of drug-likeness (QED) is 0.388. The molecule has 0 N–H and O–H groups in total. The van der Waals surface area contributed by atoms with Crippen LogP contribution in [0.15, 0.2) is 0 Å². The van der Waals surface area contributed by atoms with Gasteiger partial charge in [0, 0.05) is 28.6 Å².